The van der Waals surface area contributed by atoms with E-state index in [0.717, 1.165) is 46.5 Å². The molecule has 0 unspecified atom stereocenters. The Hall–Kier alpha value is -4.13. The molecule has 38 heavy (non-hydrogen) atoms. The van der Waals surface area contributed by atoms with E-state index in [0.29, 0.717) is 24.1 Å². The Morgan fingerprint density at radius 1 is 0.974 bits per heavy atom. The summed E-state index contributed by atoms with van der Waals surface area (Å²) in [5, 5.41) is 7.53. The Balaban J connectivity index is 1.34. The molecule has 1 N–H and O–H groups in total. The summed E-state index contributed by atoms with van der Waals surface area (Å²) in [6, 6.07) is 22.0. The Labute approximate surface area is 223 Å². The van der Waals surface area contributed by atoms with E-state index in [1.165, 1.54) is 0 Å². The Morgan fingerprint density at radius 3 is 2.21 bits per heavy atom. The molecule has 0 atom stereocenters. The lowest BCUT2D eigenvalue weighted by Gasteiger charge is -2.20. The molecule has 1 fully saturated rings. The number of nitrogens with one attached hydrogen (secondary N) is 1. The second kappa shape index (κ2) is 9.97. The summed E-state index contributed by atoms with van der Waals surface area (Å²) in [5.41, 5.74) is 4.76. The van der Waals surface area contributed by atoms with Crippen molar-refractivity contribution in [2.24, 2.45) is 0 Å². The van der Waals surface area contributed by atoms with E-state index in [1.807, 2.05) is 77.1 Å². The number of aryl methyl sites for hydroxylation is 1. The van der Waals surface area contributed by atoms with E-state index >= 15 is 0 Å². The first-order valence-electron chi connectivity index (χ1n) is 13.0. The van der Waals surface area contributed by atoms with Crippen LogP contribution in [0.2, 0.25) is 0 Å². The molecule has 0 bridgehead atoms. The molecule has 1 saturated carbocycles. The van der Waals surface area contributed by atoms with Crippen LogP contribution in [-0.4, -0.2) is 28.3 Å². The summed E-state index contributed by atoms with van der Waals surface area (Å²) in [6.45, 7) is 10.1. The van der Waals surface area contributed by atoms with E-state index in [1.54, 1.807) is 0 Å². The SMILES string of the molecule is CCOC(=O)C1(c2ccc(-c3ccc(-c4onc(C)c4Nc4cccc(OC(C)(C)C)n4)cc3)cc2)CC1. The second-order valence-corrected chi connectivity index (χ2v) is 10.6. The summed E-state index contributed by atoms with van der Waals surface area (Å²) >= 11 is 0. The number of esters is 1. The number of hydrogen-bond acceptors (Lipinski definition) is 7. The number of benzene rings is 2. The van der Waals surface area contributed by atoms with Gasteiger partial charge >= 0.3 is 5.97 Å². The van der Waals surface area contributed by atoms with Gasteiger partial charge in [-0.15, -0.1) is 0 Å². The van der Waals surface area contributed by atoms with Crippen molar-refractivity contribution in [2.75, 3.05) is 11.9 Å². The fraction of sp³-hybridized carbons (Fsp3) is 0.323. The van der Waals surface area contributed by atoms with Gasteiger partial charge in [-0.1, -0.05) is 59.8 Å². The number of rotatable bonds is 8. The van der Waals surface area contributed by atoms with Crippen LogP contribution in [0.3, 0.4) is 0 Å². The van der Waals surface area contributed by atoms with E-state index in [9.17, 15) is 4.79 Å². The highest BCUT2D eigenvalue weighted by Crippen LogP contribution is 2.49. The molecule has 2 aromatic heterocycles. The molecule has 1 aliphatic carbocycles. The predicted octanol–water partition coefficient (Wildman–Crippen LogP) is 7.23. The lowest BCUT2D eigenvalue weighted by molar-refractivity contribution is -0.146. The minimum Gasteiger partial charge on any atom is -0.472 e. The zero-order valence-corrected chi connectivity index (χ0v) is 22.5. The van der Waals surface area contributed by atoms with Gasteiger partial charge in [-0.05, 0) is 70.2 Å². The van der Waals surface area contributed by atoms with Crippen LogP contribution >= 0.6 is 0 Å². The van der Waals surface area contributed by atoms with Crippen LogP contribution in [-0.2, 0) is 14.9 Å². The highest BCUT2D eigenvalue weighted by Gasteiger charge is 2.52. The van der Waals surface area contributed by atoms with Gasteiger partial charge in [0.05, 0.1) is 12.0 Å². The minimum atomic E-state index is -0.459. The quantitative estimate of drug-likeness (QED) is 0.250. The third kappa shape index (κ3) is 5.28. The smallest absolute Gasteiger partial charge is 0.316 e. The molecule has 1 aliphatic rings. The van der Waals surface area contributed by atoms with Gasteiger partial charge in [0, 0.05) is 11.6 Å². The maximum absolute atomic E-state index is 12.4. The van der Waals surface area contributed by atoms with Gasteiger partial charge in [-0.25, -0.2) is 0 Å². The van der Waals surface area contributed by atoms with Gasteiger partial charge in [-0.3, -0.25) is 4.79 Å². The fourth-order valence-electron chi connectivity index (χ4n) is 4.50. The summed E-state index contributed by atoms with van der Waals surface area (Å²) < 4.78 is 16.9. The maximum Gasteiger partial charge on any atom is 0.316 e. The third-order valence-electron chi connectivity index (χ3n) is 6.58. The van der Waals surface area contributed by atoms with Gasteiger partial charge in [0.1, 0.15) is 22.8 Å². The molecule has 0 spiro atoms. The monoisotopic (exact) mass is 511 g/mol. The van der Waals surface area contributed by atoms with Crippen molar-refractivity contribution in [1.82, 2.24) is 10.1 Å². The third-order valence-corrected chi connectivity index (χ3v) is 6.58. The highest BCUT2D eigenvalue weighted by molar-refractivity contribution is 5.87. The molecule has 0 aliphatic heterocycles. The standard InChI is InChI=1S/C31H33N3O4/c1-6-36-29(35)31(18-19-31)24-16-14-22(15-17-24)21-10-12-23(13-11-21)28-27(20(2)34-38-28)33-25-8-7-9-26(32-25)37-30(3,4)5/h7-17H,6,18-19H2,1-5H3,(H,32,33). The van der Waals surface area contributed by atoms with Crippen molar-refractivity contribution in [3.8, 4) is 28.3 Å². The zero-order valence-electron chi connectivity index (χ0n) is 22.5. The summed E-state index contributed by atoms with van der Waals surface area (Å²) in [6.07, 6.45) is 1.69. The molecule has 0 radical (unpaired) electrons. The second-order valence-electron chi connectivity index (χ2n) is 10.6. The number of pyridine rings is 1. The zero-order chi connectivity index (χ0) is 26.9. The predicted molar refractivity (Wildman–Crippen MR) is 148 cm³/mol. The molecule has 2 aromatic carbocycles. The van der Waals surface area contributed by atoms with E-state index in [2.05, 4.69) is 39.7 Å². The van der Waals surface area contributed by atoms with Gasteiger partial charge in [0.2, 0.25) is 5.88 Å². The maximum atomic E-state index is 12.4. The first-order valence-corrected chi connectivity index (χ1v) is 13.0. The molecule has 2 heterocycles. The summed E-state index contributed by atoms with van der Waals surface area (Å²) in [7, 11) is 0. The van der Waals surface area contributed by atoms with Crippen molar-refractivity contribution in [1.29, 1.82) is 0 Å². The fourth-order valence-corrected chi connectivity index (χ4v) is 4.50. The Bertz CT molecular complexity index is 1430. The number of carbonyl (C=O) groups excluding carboxylic acids is 1. The van der Waals surface area contributed by atoms with E-state index < -0.39 is 5.41 Å². The lowest BCUT2D eigenvalue weighted by atomic mass is 9.93. The average molecular weight is 512 g/mol. The van der Waals surface area contributed by atoms with E-state index in [-0.39, 0.29) is 11.6 Å². The molecule has 196 valence electrons. The topological polar surface area (TPSA) is 86.5 Å². The van der Waals surface area contributed by atoms with Crippen molar-refractivity contribution in [3.63, 3.8) is 0 Å². The Morgan fingerprint density at radius 2 is 1.61 bits per heavy atom. The van der Waals surface area contributed by atoms with Crippen LogP contribution in [0, 0.1) is 6.92 Å². The molecular formula is C31H33N3O4. The number of anilines is 2. The van der Waals surface area contributed by atoms with Crippen molar-refractivity contribution in [3.05, 3.63) is 78.0 Å². The largest absolute Gasteiger partial charge is 0.472 e. The molecule has 7 nitrogen and oxygen atoms in total. The van der Waals surface area contributed by atoms with Crippen LogP contribution in [0.4, 0.5) is 11.5 Å². The number of hydrogen-bond donors (Lipinski definition) is 1. The van der Waals surface area contributed by atoms with Crippen LogP contribution in [0.25, 0.3) is 22.5 Å². The summed E-state index contributed by atoms with van der Waals surface area (Å²) in [5.74, 6) is 1.71. The minimum absolute atomic E-state index is 0.118. The van der Waals surface area contributed by atoms with Gasteiger partial charge in [-0.2, -0.15) is 4.98 Å². The molecule has 0 amide bonds. The first-order chi connectivity index (χ1) is 18.2. The number of carbonyl (C=O) groups is 1. The molecule has 0 saturated heterocycles. The van der Waals surface area contributed by atoms with Crippen molar-refractivity contribution < 1.29 is 18.8 Å². The van der Waals surface area contributed by atoms with Crippen LogP contribution < -0.4 is 10.1 Å². The van der Waals surface area contributed by atoms with Crippen molar-refractivity contribution >= 4 is 17.5 Å². The van der Waals surface area contributed by atoms with Gasteiger partial charge in [0.15, 0.2) is 5.76 Å². The first kappa shape index (κ1) is 25.5. The molecule has 5 rings (SSSR count). The van der Waals surface area contributed by atoms with E-state index in [4.69, 9.17) is 14.0 Å². The molecule has 4 aromatic rings. The average Bonchev–Trinajstić information content (AvgIpc) is 3.63. The normalized spacial score (nSPS) is 14.1. The van der Waals surface area contributed by atoms with Gasteiger partial charge < -0.3 is 19.3 Å². The van der Waals surface area contributed by atoms with Crippen molar-refractivity contribution in [2.45, 2.75) is 58.5 Å². The number of nitrogens with zero attached hydrogens (tertiary/aromatic N) is 2. The number of ether oxygens (including phenoxy) is 2. The van der Waals surface area contributed by atoms with Crippen LogP contribution in [0.5, 0.6) is 5.88 Å². The van der Waals surface area contributed by atoms with Crippen LogP contribution in [0.1, 0.15) is 51.8 Å². The van der Waals surface area contributed by atoms with Gasteiger partial charge in [0.25, 0.3) is 0 Å². The molecular weight excluding hydrogens is 478 g/mol. The Kier molecular flexibility index (Phi) is 6.69. The highest BCUT2D eigenvalue weighted by atomic mass is 16.5. The number of aromatic nitrogens is 2. The summed E-state index contributed by atoms with van der Waals surface area (Å²) in [4.78, 5) is 17.0. The lowest BCUT2D eigenvalue weighted by Crippen LogP contribution is -2.23. The van der Waals surface area contributed by atoms with Crippen LogP contribution in [0.15, 0.2) is 71.3 Å². The molecule has 7 heteroatoms.